The second-order valence-corrected chi connectivity index (χ2v) is 5.72. The number of rotatable bonds is 3. The summed E-state index contributed by atoms with van der Waals surface area (Å²) in [6.07, 6.45) is 3.36. The first-order chi connectivity index (χ1) is 8.95. The molecule has 0 saturated heterocycles. The molecule has 2 unspecified atom stereocenters. The van der Waals surface area contributed by atoms with Gasteiger partial charge in [0.25, 0.3) is 0 Å². The molecule has 1 saturated carbocycles. The van der Waals surface area contributed by atoms with Crippen molar-refractivity contribution in [3.05, 3.63) is 23.8 Å². The molecular formula is C15H21NO3. The van der Waals surface area contributed by atoms with Gasteiger partial charge in [-0.05, 0) is 49.3 Å². The number of nitrogen functional groups attached to an aromatic ring is 1. The van der Waals surface area contributed by atoms with E-state index in [1.165, 1.54) is 18.6 Å². The van der Waals surface area contributed by atoms with E-state index in [0.717, 1.165) is 12.8 Å². The maximum Gasteiger partial charge on any atom is 0.335 e. The minimum absolute atomic E-state index is 0.130. The van der Waals surface area contributed by atoms with Gasteiger partial charge in [0.15, 0.2) is 0 Å². The first-order valence-electron chi connectivity index (χ1n) is 6.75. The van der Waals surface area contributed by atoms with Gasteiger partial charge in [0.05, 0.1) is 17.4 Å². The van der Waals surface area contributed by atoms with Gasteiger partial charge < -0.3 is 15.6 Å². The Morgan fingerprint density at radius 3 is 2.47 bits per heavy atom. The standard InChI is InChI=1S/C15H21NO3/c1-9-5-10(2)7-12(6-9)19-14-8-11(15(17)18)3-4-13(14)16/h3-4,8-10,12H,5-7,16H2,1-2H3,(H,17,18). The van der Waals surface area contributed by atoms with E-state index in [-0.39, 0.29) is 11.7 Å². The molecule has 3 N–H and O–H groups in total. The first kappa shape index (κ1) is 13.7. The van der Waals surface area contributed by atoms with E-state index >= 15 is 0 Å². The van der Waals surface area contributed by atoms with Crippen molar-refractivity contribution < 1.29 is 14.6 Å². The van der Waals surface area contributed by atoms with Gasteiger partial charge in [-0.2, -0.15) is 0 Å². The minimum atomic E-state index is -0.963. The average Bonchev–Trinajstić information content (AvgIpc) is 2.30. The fraction of sp³-hybridized carbons (Fsp3) is 0.533. The summed E-state index contributed by atoms with van der Waals surface area (Å²) in [7, 11) is 0. The van der Waals surface area contributed by atoms with Crippen LogP contribution in [0.1, 0.15) is 43.5 Å². The van der Waals surface area contributed by atoms with Gasteiger partial charge in [0.2, 0.25) is 0 Å². The highest BCUT2D eigenvalue weighted by atomic mass is 16.5. The predicted molar refractivity (Wildman–Crippen MR) is 74.4 cm³/mol. The SMILES string of the molecule is CC1CC(C)CC(Oc2cc(C(=O)O)ccc2N)C1. The molecule has 0 aliphatic heterocycles. The third-order valence-electron chi connectivity index (χ3n) is 3.69. The number of carbonyl (C=O) groups is 1. The summed E-state index contributed by atoms with van der Waals surface area (Å²) in [6.45, 7) is 4.45. The molecule has 0 spiro atoms. The molecule has 0 heterocycles. The van der Waals surface area contributed by atoms with Crippen LogP contribution in [0.25, 0.3) is 0 Å². The molecular weight excluding hydrogens is 242 g/mol. The summed E-state index contributed by atoms with van der Waals surface area (Å²) in [5.41, 5.74) is 6.56. The minimum Gasteiger partial charge on any atom is -0.488 e. The smallest absolute Gasteiger partial charge is 0.335 e. The van der Waals surface area contributed by atoms with Crippen LogP contribution in [0.5, 0.6) is 5.75 Å². The van der Waals surface area contributed by atoms with Gasteiger partial charge >= 0.3 is 5.97 Å². The number of ether oxygens (including phenoxy) is 1. The maximum absolute atomic E-state index is 11.0. The third kappa shape index (κ3) is 3.40. The van der Waals surface area contributed by atoms with E-state index in [1.54, 1.807) is 6.07 Å². The number of nitrogens with two attached hydrogens (primary N) is 1. The lowest BCUT2D eigenvalue weighted by molar-refractivity contribution is 0.0694. The zero-order valence-electron chi connectivity index (χ0n) is 11.4. The van der Waals surface area contributed by atoms with E-state index in [4.69, 9.17) is 15.6 Å². The Morgan fingerprint density at radius 1 is 1.26 bits per heavy atom. The number of carboxylic acids is 1. The zero-order valence-corrected chi connectivity index (χ0v) is 11.4. The summed E-state index contributed by atoms with van der Waals surface area (Å²) in [4.78, 5) is 11.0. The van der Waals surface area contributed by atoms with Crippen molar-refractivity contribution in [2.75, 3.05) is 5.73 Å². The molecule has 4 nitrogen and oxygen atoms in total. The lowest BCUT2D eigenvalue weighted by atomic mass is 9.82. The molecule has 1 aliphatic rings. The molecule has 1 aromatic carbocycles. The Bertz CT molecular complexity index is 462. The van der Waals surface area contributed by atoms with Crippen molar-refractivity contribution in [3.63, 3.8) is 0 Å². The van der Waals surface area contributed by atoms with Gasteiger partial charge in [-0.25, -0.2) is 4.79 Å². The predicted octanol–water partition coefficient (Wildman–Crippen LogP) is 3.17. The van der Waals surface area contributed by atoms with Crippen LogP contribution in [0.3, 0.4) is 0 Å². The molecule has 0 aromatic heterocycles. The number of carboxylic acid groups (broad SMARTS) is 1. The summed E-state index contributed by atoms with van der Waals surface area (Å²) >= 11 is 0. The van der Waals surface area contributed by atoms with Crippen LogP contribution < -0.4 is 10.5 Å². The van der Waals surface area contributed by atoms with E-state index in [0.29, 0.717) is 23.3 Å². The summed E-state index contributed by atoms with van der Waals surface area (Å²) < 4.78 is 5.93. The van der Waals surface area contributed by atoms with Crippen LogP contribution in [-0.2, 0) is 0 Å². The molecule has 19 heavy (non-hydrogen) atoms. The Hall–Kier alpha value is -1.71. The molecule has 4 heteroatoms. The van der Waals surface area contributed by atoms with Crippen LogP contribution in [-0.4, -0.2) is 17.2 Å². The largest absolute Gasteiger partial charge is 0.488 e. The van der Waals surface area contributed by atoms with Crippen LogP contribution in [0.2, 0.25) is 0 Å². The lowest BCUT2D eigenvalue weighted by Crippen LogP contribution is -2.28. The first-order valence-corrected chi connectivity index (χ1v) is 6.75. The topological polar surface area (TPSA) is 72.5 Å². The van der Waals surface area contributed by atoms with E-state index in [9.17, 15) is 4.79 Å². The highest BCUT2D eigenvalue weighted by Crippen LogP contribution is 2.33. The molecule has 0 bridgehead atoms. The van der Waals surface area contributed by atoms with Crippen LogP contribution in [0.15, 0.2) is 18.2 Å². The molecule has 0 amide bonds. The van der Waals surface area contributed by atoms with Crippen LogP contribution in [0, 0.1) is 11.8 Å². The van der Waals surface area contributed by atoms with Crippen molar-refractivity contribution in [3.8, 4) is 5.75 Å². The third-order valence-corrected chi connectivity index (χ3v) is 3.69. The fourth-order valence-corrected chi connectivity index (χ4v) is 2.92. The van der Waals surface area contributed by atoms with Crippen LogP contribution in [0.4, 0.5) is 5.69 Å². The maximum atomic E-state index is 11.0. The van der Waals surface area contributed by atoms with Crippen molar-refractivity contribution in [2.45, 2.75) is 39.2 Å². The molecule has 0 radical (unpaired) electrons. The second-order valence-electron chi connectivity index (χ2n) is 5.72. The quantitative estimate of drug-likeness (QED) is 0.821. The van der Waals surface area contributed by atoms with Crippen molar-refractivity contribution in [1.82, 2.24) is 0 Å². The Morgan fingerprint density at radius 2 is 1.89 bits per heavy atom. The highest BCUT2D eigenvalue weighted by molar-refractivity contribution is 5.89. The Labute approximate surface area is 113 Å². The van der Waals surface area contributed by atoms with Crippen LogP contribution >= 0.6 is 0 Å². The summed E-state index contributed by atoms with van der Waals surface area (Å²) in [5, 5.41) is 8.99. The van der Waals surface area contributed by atoms with Gasteiger partial charge in [0.1, 0.15) is 5.75 Å². The molecule has 1 fully saturated rings. The summed E-state index contributed by atoms with van der Waals surface area (Å²) in [6, 6.07) is 4.60. The molecule has 1 aliphatic carbocycles. The van der Waals surface area contributed by atoms with Gasteiger partial charge in [-0.15, -0.1) is 0 Å². The fourth-order valence-electron chi connectivity index (χ4n) is 2.92. The number of benzene rings is 1. The second kappa shape index (κ2) is 5.51. The number of hydrogen-bond acceptors (Lipinski definition) is 3. The highest BCUT2D eigenvalue weighted by Gasteiger charge is 2.25. The van der Waals surface area contributed by atoms with E-state index in [1.807, 2.05) is 0 Å². The number of anilines is 1. The number of aromatic carboxylic acids is 1. The zero-order chi connectivity index (χ0) is 14.0. The molecule has 2 atom stereocenters. The average molecular weight is 263 g/mol. The lowest BCUT2D eigenvalue weighted by Gasteiger charge is -2.32. The molecule has 2 rings (SSSR count). The number of hydrogen-bond donors (Lipinski definition) is 2. The normalized spacial score (nSPS) is 26.9. The van der Waals surface area contributed by atoms with E-state index < -0.39 is 5.97 Å². The van der Waals surface area contributed by atoms with Gasteiger partial charge in [-0.3, -0.25) is 0 Å². The van der Waals surface area contributed by atoms with Crippen molar-refractivity contribution in [1.29, 1.82) is 0 Å². The van der Waals surface area contributed by atoms with E-state index in [2.05, 4.69) is 13.8 Å². The Balaban J connectivity index is 2.13. The molecule has 1 aromatic rings. The van der Waals surface area contributed by atoms with Crippen molar-refractivity contribution in [2.24, 2.45) is 11.8 Å². The summed E-state index contributed by atoms with van der Waals surface area (Å²) in [5.74, 6) is 0.802. The van der Waals surface area contributed by atoms with Crippen molar-refractivity contribution >= 4 is 11.7 Å². The van der Waals surface area contributed by atoms with Gasteiger partial charge in [0, 0.05) is 0 Å². The monoisotopic (exact) mass is 263 g/mol. The molecule has 104 valence electrons. The van der Waals surface area contributed by atoms with Gasteiger partial charge in [-0.1, -0.05) is 13.8 Å². The Kier molecular flexibility index (Phi) is 3.98.